The van der Waals surface area contributed by atoms with E-state index in [0.29, 0.717) is 24.0 Å². The van der Waals surface area contributed by atoms with Crippen LogP contribution in [0, 0.1) is 6.92 Å². The van der Waals surface area contributed by atoms with Crippen LogP contribution in [0.15, 0.2) is 36.4 Å². The number of aromatic nitrogens is 1. The van der Waals surface area contributed by atoms with Gasteiger partial charge in [-0.05, 0) is 37.6 Å². The van der Waals surface area contributed by atoms with E-state index >= 15 is 0 Å². The molecule has 0 aliphatic rings. The maximum absolute atomic E-state index is 9.11. The van der Waals surface area contributed by atoms with Gasteiger partial charge in [0.2, 0.25) is 5.88 Å². The Labute approximate surface area is 112 Å². The number of hydrogen-bond donors (Lipinski definition) is 1. The van der Waals surface area contributed by atoms with E-state index < -0.39 is 0 Å². The van der Waals surface area contributed by atoms with Gasteiger partial charge in [-0.1, -0.05) is 12.1 Å². The number of ether oxygens (including phenoxy) is 2. The lowest BCUT2D eigenvalue weighted by Crippen LogP contribution is -1.98. The average molecular weight is 259 g/mol. The molecule has 19 heavy (non-hydrogen) atoms. The Hall–Kier alpha value is -2.07. The minimum atomic E-state index is -0.0192. The summed E-state index contributed by atoms with van der Waals surface area (Å²) in [6.45, 7) is 4.33. The third kappa shape index (κ3) is 3.23. The molecule has 1 heterocycles. The molecule has 0 radical (unpaired) electrons. The molecule has 0 atom stereocenters. The first-order valence-electron chi connectivity index (χ1n) is 6.21. The molecule has 2 rings (SSSR count). The van der Waals surface area contributed by atoms with Gasteiger partial charge in [0.15, 0.2) is 11.5 Å². The molecule has 0 saturated carbocycles. The molecule has 0 aliphatic heterocycles. The van der Waals surface area contributed by atoms with E-state index in [2.05, 4.69) is 4.98 Å². The van der Waals surface area contributed by atoms with E-state index in [4.69, 9.17) is 14.6 Å². The van der Waals surface area contributed by atoms with Crippen LogP contribution in [0.1, 0.15) is 18.2 Å². The molecule has 0 fully saturated rings. The number of pyridine rings is 1. The van der Waals surface area contributed by atoms with E-state index in [1.165, 1.54) is 0 Å². The molecule has 0 amide bonds. The van der Waals surface area contributed by atoms with Crippen molar-refractivity contribution >= 4 is 0 Å². The second-order valence-electron chi connectivity index (χ2n) is 4.03. The van der Waals surface area contributed by atoms with Gasteiger partial charge in [0.25, 0.3) is 0 Å². The fourth-order valence-electron chi connectivity index (χ4n) is 1.71. The molecule has 4 nitrogen and oxygen atoms in total. The van der Waals surface area contributed by atoms with Crippen molar-refractivity contribution in [3.63, 3.8) is 0 Å². The summed E-state index contributed by atoms with van der Waals surface area (Å²) in [5.74, 6) is 1.81. The molecule has 0 unspecified atom stereocenters. The quantitative estimate of drug-likeness (QED) is 0.896. The fourth-order valence-corrected chi connectivity index (χ4v) is 1.71. The number of hydrogen-bond acceptors (Lipinski definition) is 4. The Morgan fingerprint density at radius 3 is 2.47 bits per heavy atom. The summed E-state index contributed by atoms with van der Waals surface area (Å²) >= 11 is 0. The zero-order valence-electron chi connectivity index (χ0n) is 11.1. The minimum Gasteiger partial charge on any atom is -0.490 e. The van der Waals surface area contributed by atoms with Crippen LogP contribution < -0.4 is 9.47 Å². The number of rotatable bonds is 5. The van der Waals surface area contributed by atoms with E-state index in [1.54, 1.807) is 12.1 Å². The van der Waals surface area contributed by atoms with Crippen molar-refractivity contribution in [3.8, 4) is 17.4 Å². The normalized spacial score (nSPS) is 10.3. The largest absolute Gasteiger partial charge is 0.490 e. The van der Waals surface area contributed by atoms with Crippen LogP contribution in [0.25, 0.3) is 0 Å². The fraction of sp³-hybridized carbons (Fsp3) is 0.267. The summed E-state index contributed by atoms with van der Waals surface area (Å²) in [6.07, 6.45) is 0. The SMILES string of the molecule is CCOc1ccccc1Oc1ccc(CO)c(C)n1. The molecule has 1 aromatic carbocycles. The van der Waals surface area contributed by atoms with Gasteiger partial charge in [0.05, 0.1) is 13.2 Å². The number of nitrogens with zero attached hydrogens (tertiary/aromatic N) is 1. The zero-order chi connectivity index (χ0) is 13.7. The lowest BCUT2D eigenvalue weighted by Gasteiger charge is -2.11. The number of benzene rings is 1. The molecule has 1 aromatic heterocycles. The Kier molecular flexibility index (Phi) is 4.36. The lowest BCUT2D eigenvalue weighted by atomic mass is 10.2. The highest BCUT2D eigenvalue weighted by Gasteiger charge is 2.07. The molecule has 2 aromatic rings. The molecule has 0 spiro atoms. The summed E-state index contributed by atoms with van der Waals surface area (Å²) in [5, 5.41) is 9.11. The highest BCUT2D eigenvalue weighted by molar-refractivity contribution is 5.42. The maximum Gasteiger partial charge on any atom is 0.219 e. The van der Waals surface area contributed by atoms with Gasteiger partial charge in [-0.3, -0.25) is 0 Å². The van der Waals surface area contributed by atoms with Crippen LogP contribution in [-0.4, -0.2) is 16.7 Å². The van der Waals surface area contributed by atoms with Gasteiger partial charge in [-0.25, -0.2) is 4.98 Å². The number of para-hydroxylation sites is 2. The number of aryl methyl sites for hydroxylation is 1. The van der Waals surface area contributed by atoms with Crippen LogP contribution >= 0.6 is 0 Å². The van der Waals surface area contributed by atoms with E-state index in [0.717, 1.165) is 11.3 Å². The first-order chi connectivity index (χ1) is 9.24. The van der Waals surface area contributed by atoms with Crippen LogP contribution in [-0.2, 0) is 6.61 Å². The van der Waals surface area contributed by atoms with Crippen molar-refractivity contribution in [2.24, 2.45) is 0 Å². The van der Waals surface area contributed by atoms with Crippen molar-refractivity contribution in [3.05, 3.63) is 47.7 Å². The van der Waals surface area contributed by atoms with Crippen molar-refractivity contribution in [1.29, 1.82) is 0 Å². The number of aliphatic hydroxyl groups excluding tert-OH is 1. The highest BCUT2D eigenvalue weighted by atomic mass is 16.5. The Morgan fingerprint density at radius 2 is 1.84 bits per heavy atom. The first kappa shape index (κ1) is 13.4. The van der Waals surface area contributed by atoms with E-state index in [1.807, 2.05) is 38.1 Å². The number of aliphatic hydroxyl groups is 1. The van der Waals surface area contributed by atoms with Gasteiger partial charge in [-0.15, -0.1) is 0 Å². The first-order valence-corrected chi connectivity index (χ1v) is 6.21. The molecule has 0 bridgehead atoms. The predicted molar refractivity (Wildman–Crippen MR) is 72.6 cm³/mol. The second-order valence-corrected chi connectivity index (χ2v) is 4.03. The summed E-state index contributed by atoms with van der Waals surface area (Å²) in [6, 6.07) is 11.0. The Balaban J connectivity index is 2.23. The molecule has 1 N–H and O–H groups in total. The smallest absolute Gasteiger partial charge is 0.219 e. The molecular weight excluding hydrogens is 242 g/mol. The minimum absolute atomic E-state index is 0.0192. The summed E-state index contributed by atoms with van der Waals surface area (Å²) in [4.78, 5) is 4.30. The second kappa shape index (κ2) is 6.20. The molecular formula is C15H17NO3. The molecule has 100 valence electrons. The van der Waals surface area contributed by atoms with Gasteiger partial charge >= 0.3 is 0 Å². The van der Waals surface area contributed by atoms with Gasteiger partial charge in [-0.2, -0.15) is 0 Å². The maximum atomic E-state index is 9.11. The third-order valence-corrected chi connectivity index (χ3v) is 2.70. The highest BCUT2D eigenvalue weighted by Crippen LogP contribution is 2.30. The van der Waals surface area contributed by atoms with Gasteiger partial charge in [0, 0.05) is 11.8 Å². The third-order valence-electron chi connectivity index (χ3n) is 2.70. The summed E-state index contributed by atoms with van der Waals surface area (Å²) in [5.41, 5.74) is 1.55. The van der Waals surface area contributed by atoms with E-state index in [-0.39, 0.29) is 6.61 Å². The van der Waals surface area contributed by atoms with Gasteiger partial charge in [0.1, 0.15) is 0 Å². The topological polar surface area (TPSA) is 51.6 Å². The van der Waals surface area contributed by atoms with Crippen molar-refractivity contribution in [2.75, 3.05) is 6.61 Å². The van der Waals surface area contributed by atoms with Crippen LogP contribution in [0.5, 0.6) is 17.4 Å². The predicted octanol–water partition coefficient (Wildman–Crippen LogP) is 3.07. The van der Waals surface area contributed by atoms with Gasteiger partial charge < -0.3 is 14.6 Å². The monoisotopic (exact) mass is 259 g/mol. The van der Waals surface area contributed by atoms with Crippen molar-refractivity contribution in [2.45, 2.75) is 20.5 Å². The zero-order valence-corrected chi connectivity index (χ0v) is 11.1. The van der Waals surface area contributed by atoms with E-state index in [9.17, 15) is 0 Å². The summed E-state index contributed by atoms with van der Waals surface area (Å²) in [7, 11) is 0. The van der Waals surface area contributed by atoms with Crippen LogP contribution in [0.2, 0.25) is 0 Å². The standard InChI is InChI=1S/C15H17NO3/c1-3-18-13-6-4-5-7-14(13)19-15-9-8-12(10-17)11(2)16-15/h4-9,17H,3,10H2,1-2H3. The molecule has 4 heteroatoms. The molecule has 0 aliphatic carbocycles. The van der Waals surface area contributed by atoms with Crippen LogP contribution in [0.4, 0.5) is 0 Å². The van der Waals surface area contributed by atoms with Crippen LogP contribution in [0.3, 0.4) is 0 Å². The van der Waals surface area contributed by atoms with Crippen molar-refractivity contribution in [1.82, 2.24) is 4.98 Å². The lowest BCUT2D eigenvalue weighted by molar-refractivity contribution is 0.280. The van der Waals surface area contributed by atoms with Crippen molar-refractivity contribution < 1.29 is 14.6 Å². The Bertz CT molecular complexity index is 555. The average Bonchev–Trinajstić information content (AvgIpc) is 2.41. The molecule has 0 saturated heterocycles. The summed E-state index contributed by atoms with van der Waals surface area (Å²) < 4.78 is 11.2. The Morgan fingerprint density at radius 1 is 1.11 bits per heavy atom.